The Morgan fingerprint density at radius 1 is 1.43 bits per heavy atom. The summed E-state index contributed by atoms with van der Waals surface area (Å²) < 4.78 is 0.926. The van der Waals surface area contributed by atoms with Gasteiger partial charge in [-0.2, -0.15) is 5.26 Å². The van der Waals surface area contributed by atoms with Crippen molar-refractivity contribution in [3.05, 3.63) is 28.1 Å². The van der Waals surface area contributed by atoms with E-state index in [4.69, 9.17) is 16.9 Å². The number of halogens is 1. The largest absolute Gasteiger partial charge is 0.508 e. The molecule has 0 fully saturated rings. The number of phenols is 1. The SMILES string of the molecule is N#CCc1cc2cc(O)cc(Cl)c2s1. The molecule has 70 valence electrons. The molecule has 2 rings (SSSR count). The first-order valence-electron chi connectivity index (χ1n) is 3.98. The van der Waals surface area contributed by atoms with Gasteiger partial charge in [-0.15, -0.1) is 11.3 Å². The molecule has 2 nitrogen and oxygen atoms in total. The van der Waals surface area contributed by atoms with Gasteiger partial charge in [-0.25, -0.2) is 0 Å². The number of nitriles is 1. The van der Waals surface area contributed by atoms with Gasteiger partial charge in [-0.3, -0.25) is 0 Å². The van der Waals surface area contributed by atoms with E-state index in [2.05, 4.69) is 6.07 Å². The molecule has 0 amide bonds. The minimum absolute atomic E-state index is 0.156. The molecule has 0 bridgehead atoms. The molecule has 0 saturated carbocycles. The molecule has 0 saturated heterocycles. The van der Waals surface area contributed by atoms with Crippen molar-refractivity contribution in [3.8, 4) is 11.8 Å². The van der Waals surface area contributed by atoms with Crippen molar-refractivity contribution in [1.29, 1.82) is 5.26 Å². The van der Waals surface area contributed by atoms with E-state index in [1.54, 1.807) is 6.07 Å². The number of benzene rings is 1. The summed E-state index contributed by atoms with van der Waals surface area (Å²) in [4.78, 5) is 0.968. The third-order valence-corrected chi connectivity index (χ3v) is 3.45. The molecule has 0 aliphatic heterocycles. The first kappa shape index (κ1) is 9.32. The maximum atomic E-state index is 9.31. The highest BCUT2D eigenvalue weighted by molar-refractivity contribution is 7.19. The molecule has 0 spiro atoms. The fourth-order valence-electron chi connectivity index (χ4n) is 1.31. The van der Waals surface area contributed by atoms with Gasteiger partial charge in [-0.1, -0.05) is 11.6 Å². The van der Waals surface area contributed by atoms with Crippen LogP contribution >= 0.6 is 22.9 Å². The summed E-state index contributed by atoms with van der Waals surface area (Å²) in [7, 11) is 0. The lowest BCUT2D eigenvalue weighted by atomic mass is 10.2. The number of thiophene rings is 1. The van der Waals surface area contributed by atoms with E-state index in [9.17, 15) is 5.11 Å². The molecule has 1 heterocycles. The van der Waals surface area contributed by atoms with Gasteiger partial charge in [0.05, 0.1) is 22.2 Å². The number of fused-ring (bicyclic) bond motifs is 1. The van der Waals surface area contributed by atoms with Gasteiger partial charge in [0.25, 0.3) is 0 Å². The van der Waals surface area contributed by atoms with Crippen LogP contribution in [0.5, 0.6) is 5.75 Å². The average Bonchev–Trinajstić information content (AvgIpc) is 2.48. The van der Waals surface area contributed by atoms with Crippen LogP contribution in [0.4, 0.5) is 0 Å². The molecule has 0 radical (unpaired) electrons. The first-order valence-corrected chi connectivity index (χ1v) is 5.18. The molecular weight excluding hydrogens is 218 g/mol. The van der Waals surface area contributed by atoms with Crippen LogP contribution in [0.1, 0.15) is 4.88 Å². The van der Waals surface area contributed by atoms with E-state index in [0.717, 1.165) is 15.0 Å². The Labute approximate surface area is 90.0 Å². The fraction of sp³-hybridized carbons (Fsp3) is 0.100. The highest BCUT2D eigenvalue weighted by Gasteiger charge is 2.06. The van der Waals surface area contributed by atoms with Crippen LogP contribution in [0.15, 0.2) is 18.2 Å². The number of phenolic OH excluding ortho intramolecular Hbond substituents is 1. The third-order valence-electron chi connectivity index (χ3n) is 1.86. The maximum absolute atomic E-state index is 9.31. The monoisotopic (exact) mass is 223 g/mol. The highest BCUT2D eigenvalue weighted by Crippen LogP contribution is 2.35. The number of rotatable bonds is 1. The van der Waals surface area contributed by atoms with Crippen molar-refractivity contribution in [1.82, 2.24) is 0 Å². The first-order chi connectivity index (χ1) is 6.70. The van der Waals surface area contributed by atoms with Crippen LogP contribution in [0.25, 0.3) is 10.1 Å². The van der Waals surface area contributed by atoms with Crippen molar-refractivity contribution in [2.24, 2.45) is 0 Å². The Bertz CT molecular complexity index is 527. The quantitative estimate of drug-likeness (QED) is 0.806. The molecule has 14 heavy (non-hydrogen) atoms. The maximum Gasteiger partial charge on any atom is 0.117 e. The molecule has 0 atom stereocenters. The summed E-state index contributed by atoms with van der Waals surface area (Å²) in [5.74, 6) is 0.156. The van der Waals surface area contributed by atoms with Crippen LogP contribution in [-0.4, -0.2) is 5.11 Å². The molecule has 0 unspecified atom stereocenters. The fourth-order valence-corrected chi connectivity index (χ4v) is 2.63. The Morgan fingerprint density at radius 3 is 2.93 bits per heavy atom. The number of hydrogen-bond acceptors (Lipinski definition) is 3. The van der Waals surface area contributed by atoms with Crippen molar-refractivity contribution in [2.75, 3.05) is 0 Å². The molecule has 2 aromatic rings. The summed E-state index contributed by atoms with van der Waals surface area (Å²) in [6, 6.07) is 7.13. The van der Waals surface area contributed by atoms with E-state index in [1.807, 2.05) is 6.07 Å². The van der Waals surface area contributed by atoms with Gasteiger partial charge in [-0.05, 0) is 23.6 Å². The zero-order chi connectivity index (χ0) is 10.1. The van der Waals surface area contributed by atoms with E-state index in [1.165, 1.54) is 17.4 Å². The Hall–Kier alpha value is -1.24. The second-order valence-electron chi connectivity index (χ2n) is 2.89. The van der Waals surface area contributed by atoms with Gasteiger partial charge < -0.3 is 5.11 Å². The van der Waals surface area contributed by atoms with Crippen LogP contribution < -0.4 is 0 Å². The Kier molecular flexibility index (Phi) is 2.32. The molecule has 0 aliphatic carbocycles. The molecule has 4 heteroatoms. The minimum Gasteiger partial charge on any atom is -0.508 e. The molecule has 1 N–H and O–H groups in total. The number of aromatic hydroxyl groups is 1. The third kappa shape index (κ3) is 1.54. The van der Waals surface area contributed by atoms with Crippen molar-refractivity contribution in [3.63, 3.8) is 0 Å². The molecule has 0 aliphatic rings. The minimum atomic E-state index is 0.156. The highest BCUT2D eigenvalue weighted by atomic mass is 35.5. The van der Waals surface area contributed by atoms with Crippen LogP contribution in [0.3, 0.4) is 0 Å². The zero-order valence-electron chi connectivity index (χ0n) is 7.12. The summed E-state index contributed by atoms with van der Waals surface area (Å²) in [5, 5.41) is 19.3. The van der Waals surface area contributed by atoms with Crippen molar-refractivity contribution in [2.45, 2.75) is 6.42 Å². The van der Waals surface area contributed by atoms with Gasteiger partial charge in [0.1, 0.15) is 5.75 Å². The van der Waals surface area contributed by atoms with E-state index in [0.29, 0.717) is 11.4 Å². The van der Waals surface area contributed by atoms with Crippen LogP contribution in [-0.2, 0) is 6.42 Å². The average molecular weight is 224 g/mol. The topological polar surface area (TPSA) is 44.0 Å². The summed E-state index contributed by atoms with van der Waals surface area (Å²) in [6.45, 7) is 0. The predicted octanol–water partition coefficient (Wildman–Crippen LogP) is 3.33. The number of nitrogens with zero attached hydrogens (tertiary/aromatic N) is 1. The summed E-state index contributed by atoms with van der Waals surface area (Å²) >= 11 is 7.43. The normalized spacial score (nSPS) is 10.3. The predicted molar refractivity (Wildman–Crippen MR) is 57.8 cm³/mol. The smallest absolute Gasteiger partial charge is 0.117 e. The summed E-state index contributed by atoms with van der Waals surface area (Å²) in [5.41, 5.74) is 0. The van der Waals surface area contributed by atoms with Crippen molar-refractivity contribution < 1.29 is 5.11 Å². The molecular formula is C10H6ClNOS. The van der Waals surface area contributed by atoms with Gasteiger partial charge in [0.15, 0.2) is 0 Å². The lowest BCUT2D eigenvalue weighted by molar-refractivity contribution is 0.476. The Morgan fingerprint density at radius 2 is 2.21 bits per heavy atom. The van der Waals surface area contributed by atoms with Gasteiger partial charge in [0, 0.05) is 4.88 Å². The lowest BCUT2D eigenvalue weighted by Gasteiger charge is -1.94. The second kappa shape index (κ2) is 3.49. The van der Waals surface area contributed by atoms with Gasteiger partial charge >= 0.3 is 0 Å². The van der Waals surface area contributed by atoms with E-state index in [-0.39, 0.29) is 5.75 Å². The number of hydrogen-bond donors (Lipinski definition) is 1. The molecule has 1 aromatic heterocycles. The summed E-state index contributed by atoms with van der Waals surface area (Å²) in [6.07, 6.45) is 0.385. The molecule has 1 aromatic carbocycles. The van der Waals surface area contributed by atoms with E-state index >= 15 is 0 Å². The second-order valence-corrected chi connectivity index (χ2v) is 4.44. The standard InChI is InChI=1S/C10H6ClNOS/c11-9-5-7(13)3-6-4-8(1-2-12)14-10(6)9/h3-5,13H,1H2. The Balaban J connectivity index is 2.66. The zero-order valence-corrected chi connectivity index (χ0v) is 8.69. The van der Waals surface area contributed by atoms with Crippen molar-refractivity contribution >= 4 is 33.0 Å². The van der Waals surface area contributed by atoms with Crippen LogP contribution in [0.2, 0.25) is 5.02 Å². The van der Waals surface area contributed by atoms with E-state index < -0.39 is 0 Å². The van der Waals surface area contributed by atoms with Crippen LogP contribution in [0, 0.1) is 11.3 Å². The lowest BCUT2D eigenvalue weighted by Crippen LogP contribution is -1.68. The van der Waals surface area contributed by atoms with Gasteiger partial charge in [0.2, 0.25) is 0 Å².